The van der Waals surface area contributed by atoms with Gasteiger partial charge in [0.25, 0.3) is 0 Å². The number of aromatic nitrogens is 1. The van der Waals surface area contributed by atoms with Crippen LogP contribution in [0.3, 0.4) is 0 Å². The van der Waals surface area contributed by atoms with E-state index in [0.29, 0.717) is 37.0 Å². The highest BCUT2D eigenvalue weighted by Crippen LogP contribution is 2.27. The van der Waals surface area contributed by atoms with Crippen LogP contribution in [-0.4, -0.2) is 30.7 Å². The molecule has 158 valence electrons. The number of hydrogen-bond donors (Lipinski definition) is 2. The van der Waals surface area contributed by atoms with Crippen molar-refractivity contribution >= 4 is 5.96 Å². The molecule has 0 atom stereocenters. The quantitative estimate of drug-likeness (QED) is 0.461. The molecule has 0 aliphatic rings. The molecule has 0 aliphatic heterocycles. The molecule has 0 saturated heterocycles. The van der Waals surface area contributed by atoms with E-state index in [2.05, 4.69) is 25.3 Å². The summed E-state index contributed by atoms with van der Waals surface area (Å²) in [6.45, 7) is 4.78. The third-order valence-electron chi connectivity index (χ3n) is 3.86. The number of guanidine groups is 1. The molecule has 2 aromatic rings. The van der Waals surface area contributed by atoms with Crippen molar-refractivity contribution < 1.29 is 18.3 Å². The second-order valence-electron chi connectivity index (χ2n) is 6.32. The Morgan fingerprint density at radius 2 is 2.00 bits per heavy atom. The van der Waals surface area contributed by atoms with Crippen molar-refractivity contribution in [1.82, 2.24) is 15.6 Å². The smallest absolute Gasteiger partial charge is 0.387 e. The van der Waals surface area contributed by atoms with Crippen molar-refractivity contribution in [3.8, 4) is 11.5 Å². The summed E-state index contributed by atoms with van der Waals surface area (Å²) in [6.07, 6.45) is 0.824. The largest absolute Gasteiger partial charge is 0.493 e. The minimum atomic E-state index is -2.92. The number of nitrogens with one attached hydrogen (secondary N) is 2. The lowest BCUT2D eigenvalue weighted by molar-refractivity contribution is -0.0505. The molecule has 8 heteroatoms. The van der Waals surface area contributed by atoms with E-state index < -0.39 is 6.61 Å². The van der Waals surface area contributed by atoms with Crippen LogP contribution in [0.1, 0.15) is 37.2 Å². The fourth-order valence-corrected chi connectivity index (χ4v) is 2.56. The van der Waals surface area contributed by atoms with Crippen LogP contribution in [-0.2, 0) is 13.1 Å². The van der Waals surface area contributed by atoms with E-state index in [4.69, 9.17) is 4.74 Å². The van der Waals surface area contributed by atoms with Gasteiger partial charge in [-0.25, -0.2) is 4.99 Å². The molecule has 2 N–H and O–H groups in total. The van der Waals surface area contributed by atoms with E-state index in [0.717, 1.165) is 17.8 Å². The number of ether oxygens (including phenoxy) is 2. The molecule has 0 fully saturated rings. The molecule has 2 rings (SSSR count). The Hall–Kier alpha value is -2.90. The van der Waals surface area contributed by atoms with Gasteiger partial charge >= 0.3 is 6.61 Å². The zero-order valence-electron chi connectivity index (χ0n) is 17.0. The molecule has 0 amide bonds. The monoisotopic (exact) mass is 406 g/mol. The van der Waals surface area contributed by atoms with Crippen molar-refractivity contribution in [3.05, 3.63) is 53.3 Å². The number of rotatable bonds is 10. The minimum Gasteiger partial charge on any atom is -0.493 e. The van der Waals surface area contributed by atoms with Gasteiger partial charge in [-0.3, -0.25) is 4.98 Å². The maximum atomic E-state index is 12.8. The normalized spacial score (nSPS) is 11.4. The summed E-state index contributed by atoms with van der Waals surface area (Å²) in [5.74, 6) is 1.12. The number of alkyl halides is 2. The lowest BCUT2D eigenvalue weighted by atomic mass is 10.2. The highest BCUT2D eigenvalue weighted by molar-refractivity contribution is 5.79. The van der Waals surface area contributed by atoms with Gasteiger partial charge in [0.15, 0.2) is 5.96 Å². The summed E-state index contributed by atoms with van der Waals surface area (Å²) in [5.41, 5.74) is 2.36. The third-order valence-corrected chi connectivity index (χ3v) is 3.86. The van der Waals surface area contributed by atoms with Gasteiger partial charge < -0.3 is 20.1 Å². The van der Waals surface area contributed by atoms with Crippen LogP contribution in [0.25, 0.3) is 0 Å². The molecule has 1 aromatic carbocycles. The lowest BCUT2D eigenvalue weighted by Gasteiger charge is -2.14. The maximum Gasteiger partial charge on any atom is 0.387 e. The van der Waals surface area contributed by atoms with Gasteiger partial charge in [0.05, 0.1) is 25.4 Å². The molecule has 0 radical (unpaired) electrons. The molecule has 1 aromatic heterocycles. The van der Waals surface area contributed by atoms with Gasteiger partial charge in [-0.05, 0) is 44.5 Å². The average molecular weight is 406 g/mol. The van der Waals surface area contributed by atoms with E-state index >= 15 is 0 Å². The zero-order valence-corrected chi connectivity index (χ0v) is 17.0. The number of aliphatic imine (C=N–C) groups is 1. The van der Waals surface area contributed by atoms with Gasteiger partial charge in [0.1, 0.15) is 11.5 Å². The Morgan fingerprint density at radius 3 is 2.69 bits per heavy atom. The van der Waals surface area contributed by atoms with Gasteiger partial charge in [-0.1, -0.05) is 13.0 Å². The van der Waals surface area contributed by atoms with E-state index in [9.17, 15) is 8.78 Å². The van der Waals surface area contributed by atoms with Gasteiger partial charge in [0.2, 0.25) is 0 Å². The first-order valence-electron chi connectivity index (χ1n) is 9.67. The first-order valence-corrected chi connectivity index (χ1v) is 9.67. The van der Waals surface area contributed by atoms with Crippen LogP contribution in [0.4, 0.5) is 8.78 Å². The molecular weight excluding hydrogens is 378 g/mol. The Morgan fingerprint density at radius 1 is 1.17 bits per heavy atom. The Bertz CT molecular complexity index is 800. The summed E-state index contributed by atoms with van der Waals surface area (Å²) in [5, 5.41) is 6.33. The van der Waals surface area contributed by atoms with Crippen molar-refractivity contribution in [2.45, 2.75) is 46.9 Å². The molecule has 0 bridgehead atoms. The summed E-state index contributed by atoms with van der Waals surface area (Å²) >= 11 is 0. The van der Waals surface area contributed by atoms with E-state index in [-0.39, 0.29) is 12.3 Å². The fraction of sp³-hybridized carbons (Fsp3) is 0.429. The molecular formula is C21H28F2N4O2. The predicted octanol–water partition coefficient (Wildman–Crippen LogP) is 4.04. The van der Waals surface area contributed by atoms with Gasteiger partial charge in [0, 0.05) is 23.9 Å². The highest BCUT2D eigenvalue weighted by Gasteiger charge is 2.12. The summed E-state index contributed by atoms with van der Waals surface area (Å²) in [6, 6.07) is 10.7. The molecule has 0 saturated carbocycles. The van der Waals surface area contributed by atoms with Crippen LogP contribution in [0.5, 0.6) is 11.5 Å². The van der Waals surface area contributed by atoms with Crippen molar-refractivity contribution in [1.29, 1.82) is 0 Å². The molecule has 0 unspecified atom stereocenters. The number of benzene rings is 1. The average Bonchev–Trinajstić information content (AvgIpc) is 2.69. The van der Waals surface area contributed by atoms with E-state index in [1.54, 1.807) is 12.1 Å². The van der Waals surface area contributed by atoms with Crippen molar-refractivity contribution in [2.24, 2.45) is 4.99 Å². The Balaban J connectivity index is 2.11. The van der Waals surface area contributed by atoms with Crippen LogP contribution in [0, 0.1) is 6.92 Å². The maximum absolute atomic E-state index is 12.8. The standard InChI is InChI=1S/C21H28F2N4O2/c1-4-11-28-18-10-9-16(19(12-18)29-20(22)23)13-25-21(24-5-2)26-14-17-8-6-7-15(3)27-17/h6-10,12,20H,4-5,11,13-14H2,1-3H3,(H2,24,25,26). The predicted molar refractivity (Wildman–Crippen MR) is 109 cm³/mol. The molecule has 0 aliphatic carbocycles. The second kappa shape index (κ2) is 11.8. The van der Waals surface area contributed by atoms with Crippen LogP contribution >= 0.6 is 0 Å². The first kappa shape index (κ1) is 22.4. The van der Waals surface area contributed by atoms with Gasteiger partial charge in [-0.15, -0.1) is 0 Å². The summed E-state index contributed by atoms with van der Waals surface area (Å²) in [4.78, 5) is 8.92. The van der Waals surface area contributed by atoms with Crippen LogP contribution in [0.2, 0.25) is 0 Å². The number of nitrogens with zero attached hydrogens (tertiary/aromatic N) is 2. The minimum absolute atomic E-state index is 0.0635. The van der Waals surface area contributed by atoms with Crippen LogP contribution in [0.15, 0.2) is 41.4 Å². The summed E-state index contributed by atoms with van der Waals surface area (Å²) in [7, 11) is 0. The number of halogens is 2. The topological polar surface area (TPSA) is 67.8 Å². The first-order chi connectivity index (χ1) is 14.0. The molecule has 6 nitrogen and oxygen atoms in total. The molecule has 1 heterocycles. The SMILES string of the molecule is CCCOc1ccc(CN=C(NCC)NCc2cccc(C)n2)c(OC(F)F)c1. The highest BCUT2D eigenvalue weighted by atomic mass is 19.3. The van der Waals surface area contributed by atoms with Gasteiger partial charge in [-0.2, -0.15) is 8.78 Å². The van der Waals surface area contributed by atoms with Crippen molar-refractivity contribution in [3.63, 3.8) is 0 Å². The van der Waals surface area contributed by atoms with Crippen LogP contribution < -0.4 is 20.1 Å². The second-order valence-corrected chi connectivity index (χ2v) is 6.32. The number of hydrogen-bond acceptors (Lipinski definition) is 4. The fourth-order valence-electron chi connectivity index (χ4n) is 2.56. The number of aryl methyl sites for hydroxylation is 1. The number of pyridine rings is 1. The zero-order chi connectivity index (χ0) is 21.1. The summed E-state index contributed by atoms with van der Waals surface area (Å²) < 4.78 is 35.8. The third kappa shape index (κ3) is 7.93. The lowest BCUT2D eigenvalue weighted by Crippen LogP contribution is -2.37. The Labute approximate surface area is 170 Å². The molecule has 29 heavy (non-hydrogen) atoms. The van der Waals surface area contributed by atoms with E-state index in [1.165, 1.54) is 6.07 Å². The van der Waals surface area contributed by atoms with E-state index in [1.807, 2.05) is 39.0 Å². The Kier molecular flexibility index (Phi) is 9.14. The van der Waals surface area contributed by atoms with Crippen molar-refractivity contribution in [2.75, 3.05) is 13.2 Å². The molecule has 0 spiro atoms.